The summed E-state index contributed by atoms with van der Waals surface area (Å²) in [5.41, 5.74) is 1.88. The van der Waals surface area contributed by atoms with E-state index in [0.717, 1.165) is 10.0 Å². The van der Waals surface area contributed by atoms with Gasteiger partial charge in [0.1, 0.15) is 11.5 Å². The van der Waals surface area contributed by atoms with Crippen LogP contribution in [0.3, 0.4) is 0 Å². The van der Waals surface area contributed by atoms with Crippen molar-refractivity contribution >= 4 is 33.8 Å². The predicted molar refractivity (Wildman–Crippen MR) is 112 cm³/mol. The summed E-state index contributed by atoms with van der Waals surface area (Å²) in [4.78, 5) is 24.3. The van der Waals surface area contributed by atoms with Crippen molar-refractivity contribution < 1.29 is 19.1 Å². The van der Waals surface area contributed by atoms with Gasteiger partial charge in [-0.05, 0) is 72.3 Å². The number of rotatable bonds is 6. The number of ether oxygens (including phenoxy) is 2. The van der Waals surface area contributed by atoms with Crippen LogP contribution in [-0.2, 0) is 0 Å². The third kappa shape index (κ3) is 5.18. The molecule has 3 aromatic carbocycles. The molecule has 5 heteroatoms. The molecule has 0 atom stereocenters. The minimum atomic E-state index is -0.448. The molecule has 0 saturated heterocycles. The van der Waals surface area contributed by atoms with Crippen molar-refractivity contribution in [2.24, 2.45) is 0 Å². The first-order valence-corrected chi connectivity index (χ1v) is 9.29. The third-order valence-electron chi connectivity index (χ3n) is 3.97. The topological polar surface area (TPSA) is 52.6 Å². The molecule has 0 N–H and O–H groups in total. The quantitative estimate of drug-likeness (QED) is 0.219. The number of esters is 1. The highest BCUT2D eigenvalue weighted by molar-refractivity contribution is 9.10. The Morgan fingerprint density at radius 2 is 1.36 bits per heavy atom. The first-order chi connectivity index (χ1) is 13.5. The van der Waals surface area contributed by atoms with Crippen LogP contribution in [-0.4, -0.2) is 18.9 Å². The molecule has 0 spiro atoms. The lowest BCUT2D eigenvalue weighted by Crippen LogP contribution is -2.08. The van der Waals surface area contributed by atoms with Gasteiger partial charge in [-0.25, -0.2) is 4.79 Å². The van der Waals surface area contributed by atoms with Gasteiger partial charge in [0.25, 0.3) is 0 Å². The van der Waals surface area contributed by atoms with Crippen LogP contribution in [0.4, 0.5) is 0 Å². The molecule has 0 radical (unpaired) electrons. The number of hydrogen-bond donors (Lipinski definition) is 0. The molecule has 140 valence electrons. The van der Waals surface area contributed by atoms with Gasteiger partial charge in [-0.3, -0.25) is 4.79 Å². The van der Waals surface area contributed by atoms with Crippen LogP contribution < -0.4 is 9.47 Å². The summed E-state index contributed by atoms with van der Waals surface area (Å²) in [6.07, 6.45) is 3.24. The summed E-state index contributed by atoms with van der Waals surface area (Å²) in [5, 5.41) is 0. The molecule has 0 saturated carbocycles. The molecule has 0 amide bonds. The summed E-state index contributed by atoms with van der Waals surface area (Å²) in [5.74, 6) is 0.571. The number of ketones is 1. The maximum Gasteiger partial charge on any atom is 0.343 e. The van der Waals surface area contributed by atoms with E-state index in [9.17, 15) is 9.59 Å². The summed E-state index contributed by atoms with van der Waals surface area (Å²) in [6, 6.07) is 20.8. The zero-order valence-electron chi connectivity index (χ0n) is 15.1. The van der Waals surface area contributed by atoms with E-state index in [-0.39, 0.29) is 5.78 Å². The molecule has 0 aliphatic rings. The smallest absolute Gasteiger partial charge is 0.343 e. The minimum Gasteiger partial charge on any atom is -0.497 e. The van der Waals surface area contributed by atoms with Crippen LogP contribution in [0.25, 0.3) is 6.08 Å². The maximum absolute atomic E-state index is 12.2. The molecule has 0 aliphatic carbocycles. The van der Waals surface area contributed by atoms with Crippen molar-refractivity contribution in [1.29, 1.82) is 0 Å². The second-order valence-corrected chi connectivity index (χ2v) is 6.81. The zero-order chi connectivity index (χ0) is 19.9. The number of methoxy groups -OCH3 is 1. The molecule has 4 nitrogen and oxygen atoms in total. The highest BCUT2D eigenvalue weighted by Crippen LogP contribution is 2.17. The first kappa shape index (κ1) is 19.6. The van der Waals surface area contributed by atoms with E-state index in [0.29, 0.717) is 22.6 Å². The molecule has 3 aromatic rings. The van der Waals surface area contributed by atoms with Crippen LogP contribution in [0.5, 0.6) is 11.5 Å². The van der Waals surface area contributed by atoms with Gasteiger partial charge in [-0.1, -0.05) is 34.1 Å². The van der Waals surface area contributed by atoms with E-state index in [4.69, 9.17) is 9.47 Å². The van der Waals surface area contributed by atoms with Gasteiger partial charge in [0, 0.05) is 10.0 Å². The molecule has 0 fully saturated rings. The monoisotopic (exact) mass is 436 g/mol. The SMILES string of the molecule is COc1ccc(C(=O)Oc2ccc(/C=C/C(=O)c3ccc(Br)cc3)cc2)cc1. The Bertz CT molecular complexity index is 988. The molecule has 28 heavy (non-hydrogen) atoms. The van der Waals surface area contributed by atoms with Crippen molar-refractivity contribution in [3.63, 3.8) is 0 Å². The van der Waals surface area contributed by atoms with Crippen molar-refractivity contribution in [3.8, 4) is 11.5 Å². The maximum atomic E-state index is 12.2. The number of benzene rings is 3. The van der Waals surface area contributed by atoms with Gasteiger partial charge in [0.05, 0.1) is 12.7 Å². The van der Waals surface area contributed by atoms with E-state index in [1.54, 1.807) is 73.8 Å². The highest BCUT2D eigenvalue weighted by atomic mass is 79.9. The lowest BCUT2D eigenvalue weighted by molar-refractivity contribution is 0.0734. The Hall–Kier alpha value is -3.18. The van der Waals surface area contributed by atoms with E-state index >= 15 is 0 Å². The van der Waals surface area contributed by atoms with Crippen molar-refractivity contribution in [2.75, 3.05) is 7.11 Å². The Balaban J connectivity index is 1.61. The summed E-state index contributed by atoms with van der Waals surface area (Å²) in [7, 11) is 1.57. The largest absolute Gasteiger partial charge is 0.497 e. The predicted octanol–water partition coefficient (Wildman–Crippen LogP) is 5.57. The molecular weight excluding hydrogens is 420 g/mol. The molecular formula is C23H17BrO4. The zero-order valence-corrected chi connectivity index (χ0v) is 16.7. The van der Waals surface area contributed by atoms with Crippen LogP contribution >= 0.6 is 15.9 Å². The second kappa shape index (κ2) is 9.15. The number of carbonyl (C=O) groups is 2. The van der Waals surface area contributed by atoms with E-state index < -0.39 is 5.97 Å². The summed E-state index contributed by atoms with van der Waals surface area (Å²) >= 11 is 3.34. The Labute approximate surface area is 171 Å². The van der Waals surface area contributed by atoms with Crippen LogP contribution in [0.15, 0.2) is 83.3 Å². The molecule has 0 unspecified atom stereocenters. The molecule has 0 aliphatic heterocycles. The Morgan fingerprint density at radius 1 is 0.786 bits per heavy atom. The average Bonchev–Trinajstić information content (AvgIpc) is 2.73. The lowest BCUT2D eigenvalue weighted by Gasteiger charge is -2.05. The van der Waals surface area contributed by atoms with Gasteiger partial charge in [0.2, 0.25) is 0 Å². The summed E-state index contributed by atoms with van der Waals surface area (Å²) < 4.78 is 11.4. The van der Waals surface area contributed by atoms with E-state index in [2.05, 4.69) is 15.9 Å². The summed E-state index contributed by atoms with van der Waals surface area (Å²) in [6.45, 7) is 0. The number of allylic oxidation sites excluding steroid dienone is 1. The van der Waals surface area contributed by atoms with Gasteiger partial charge in [-0.15, -0.1) is 0 Å². The molecule has 0 heterocycles. The standard InChI is InChI=1S/C23H17BrO4/c1-27-20-13-7-18(8-14-20)23(26)28-21-11-2-16(3-12-21)4-15-22(25)17-5-9-19(24)10-6-17/h2-15H,1H3/b15-4+. The van der Waals surface area contributed by atoms with E-state index in [1.165, 1.54) is 6.08 Å². The fraction of sp³-hybridized carbons (Fsp3) is 0.0435. The van der Waals surface area contributed by atoms with Crippen molar-refractivity contribution in [3.05, 3.63) is 100 Å². The fourth-order valence-electron chi connectivity index (χ4n) is 2.42. The second-order valence-electron chi connectivity index (χ2n) is 5.89. The Morgan fingerprint density at radius 3 is 1.96 bits per heavy atom. The van der Waals surface area contributed by atoms with Crippen LogP contribution in [0.2, 0.25) is 0 Å². The fourth-order valence-corrected chi connectivity index (χ4v) is 2.69. The van der Waals surface area contributed by atoms with Gasteiger partial charge >= 0.3 is 5.97 Å². The van der Waals surface area contributed by atoms with Crippen LogP contribution in [0.1, 0.15) is 26.3 Å². The lowest BCUT2D eigenvalue weighted by atomic mass is 10.1. The highest BCUT2D eigenvalue weighted by Gasteiger charge is 2.08. The normalized spacial score (nSPS) is 10.6. The molecule has 0 aromatic heterocycles. The minimum absolute atomic E-state index is 0.0810. The molecule has 3 rings (SSSR count). The number of carbonyl (C=O) groups excluding carboxylic acids is 2. The average molecular weight is 437 g/mol. The van der Waals surface area contributed by atoms with Crippen molar-refractivity contribution in [1.82, 2.24) is 0 Å². The van der Waals surface area contributed by atoms with Crippen LogP contribution in [0, 0.1) is 0 Å². The Kier molecular flexibility index (Phi) is 6.40. The van der Waals surface area contributed by atoms with Gasteiger partial charge in [0.15, 0.2) is 5.78 Å². The number of hydrogen-bond acceptors (Lipinski definition) is 4. The number of halogens is 1. The van der Waals surface area contributed by atoms with Crippen molar-refractivity contribution in [2.45, 2.75) is 0 Å². The van der Waals surface area contributed by atoms with Gasteiger partial charge < -0.3 is 9.47 Å². The molecule has 0 bridgehead atoms. The van der Waals surface area contributed by atoms with E-state index in [1.807, 2.05) is 12.1 Å². The van der Waals surface area contributed by atoms with Gasteiger partial charge in [-0.2, -0.15) is 0 Å². The first-order valence-electron chi connectivity index (χ1n) is 8.49. The third-order valence-corrected chi connectivity index (χ3v) is 4.50.